The molecule has 1 aromatic carbocycles. The standard InChI is InChI=1S/C15H18INS/c1-3-8-17-15(13-9-14(16)18-10-13)12-6-4-11(2)5-7-12/h4-7,9-10,15,17H,3,8H2,1-2H3. The van der Waals surface area contributed by atoms with Gasteiger partial charge >= 0.3 is 0 Å². The maximum atomic E-state index is 3.64. The normalized spacial score (nSPS) is 12.6. The molecule has 0 radical (unpaired) electrons. The highest BCUT2D eigenvalue weighted by Crippen LogP contribution is 2.27. The summed E-state index contributed by atoms with van der Waals surface area (Å²) in [5.74, 6) is 0. The largest absolute Gasteiger partial charge is 0.306 e. The van der Waals surface area contributed by atoms with Gasteiger partial charge in [0.1, 0.15) is 0 Å². The van der Waals surface area contributed by atoms with Gasteiger partial charge < -0.3 is 5.32 Å². The van der Waals surface area contributed by atoms with Gasteiger partial charge in [-0.05, 0) is 65.1 Å². The van der Waals surface area contributed by atoms with E-state index in [2.05, 4.69) is 77.5 Å². The van der Waals surface area contributed by atoms with E-state index in [0.29, 0.717) is 6.04 Å². The molecule has 2 aromatic rings. The van der Waals surface area contributed by atoms with Crippen molar-refractivity contribution in [2.24, 2.45) is 0 Å². The Morgan fingerprint density at radius 1 is 1.22 bits per heavy atom. The number of hydrogen-bond acceptors (Lipinski definition) is 2. The molecule has 1 atom stereocenters. The second kappa shape index (κ2) is 6.68. The molecule has 0 saturated carbocycles. The SMILES string of the molecule is CCCNC(c1ccc(C)cc1)c1csc(I)c1. The van der Waals surface area contributed by atoms with Gasteiger partial charge in [0.15, 0.2) is 0 Å². The van der Waals surface area contributed by atoms with Gasteiger partial charge in [0.25, 0.3) is 0 Å². The highest BCUT2D eigenvalue weighted by Gasteiger charge is 2.14. The lowest BCUT2D eigenvalue weighted by Crippen LogP contribution is -2.22. The Morgan fingerprint density at radius 2 is 1.94 bits per heavy atom. The quantitative estimate of drug-likeness (QED) is 0.748. The van der Waals surface area contributed by atoms with E-state index in [1.165, 1.54) is 19.6 Å². The minimum Gasteiger partial charge on any atom is -0.306 e. The second-order valence-electron chi connectivity index (χ2n) is 4.48. The van der Waals surface area contributed by atoms with E-state index in [-0.39, 0.29) is 0 Å². The lowest BCUT2D eigenvalue weighted by atomic mass is 10.00. The third kappa shape index (κ3) is 3.56. The van der Waals surface area contributed by atoms with Crippen molar-refractivity contribution in [1.29, 1.82) is 0 Å². The van der Waals surface area contributed by atoms with Crippen LogP contribution in [-0.2, 0) is 0 Å². The van der Waals surface area contributed by atoms with Crippen molar-refractivity contribution in [3.63, 3.8) is 0 Å². The Kier molecular flexibility index (Phi) is 5.21. The van der Waals surface area contributed by atoms with Gasteiger partial charge in [0.2, 0.25) is 0 Å². The molecule has 0 aliphatic rings. The first kappa shape index (κ1) is 14.0. The van der Waals surface area contributed by atoms with Crippen LogP contribution < -0.4 is 5.32 Å². The number of hydrogen-bond donors (Lipinski definition) is 1. The van der Waals surface area contributed by atoms with Crippen LogP contribution in [0.2, 0.25) is 0 Å². The number of aryl methyl sites for hydroxylation is 1. The van der Waals surface area contributed by atoms with Crippen molar-refractivity contribution in [3.8, 4) is 0 Å². The number of halogens is 1. The van der Waals surface area contributed by atoms with Crippen LogP contribution in [0.25, 0.3) is 0 Å². The molecule has 1 heterocycles. The third-order valence-electron chi connectivity index (χ3n) is 2.93. The van der Waals surface area contributed by atoms with Crippen LogP contribution in [0.5, 0.6) is 0 Å². The predicted octanol–water partition coefficient (Wildman–Crippen LogP) is 4.75. The van der Waals surface area contributed by atoms with Gasteiger partial charge in [-0.3, -0.25) is 0 Å². The number of nitrogens with one attached hydrogen (secondary N) is 1. The first-order valence-electron chi connectivity index (χ1n) is 6.24. The minimum absolute atomic E-state index is 0.324. The first-order valence-corrected chi connectivity index (χ1v) is 8.20. The molecule has 0 aliphatic heterocycles. The molecular formula is C15H18INS. The van der Waals surface area contributed by atoms with Crippen LogP contribution in [-0.4, -0.2) is 6.54 Å². The summed E-state index contributed by atoms with van der Waals surface area (Å²) in [5, 5.41) is 5.90. The van der Waals surface area contributed by atoms with E-state index >= 15 is 0 Å². The molecule has 0 spiro atoms. The van der Waals surface area contributed by atoms with Crippen LogP contribution in [0.3, 0.4) is 0 Å². The zero-order valence-electron chi connectivity index (χ0n) is 10.7. The highest BCUT2D eigenvalue weighted by molar-refractivity contribution is 14.1. The van der Waals surface area contributed by atoms with Crippen molar-refractivity contribution in [1.82, 2.24) is 5.32 Å². The average Bonchev–Trinajstić information content (AvgIpc) is 2.78. The van der Waals surface area contributed by atoms with E-state index in [4.69, 9.17) is 0 Å². The molecule has 1 aromatic heterocycles. The first-order chi connectivity index (χ1) is 8.70. The van der Waals surface area contributed by atoms with Crippen LogP contribution in [0.4, 0.5) is 0 Å². The highest BCUT2D eigenvalue weighted by atomic mass is 127. The molecule has 0 fully saturated rings. The molecule has 1 nitrogen and oxygen atoms in total. The summed E-state index contributed by atoms with van der Waals surface area (Å²) in [6.45, 7) is 5.38. The molecular weight excluding hydrogens is 353 g/mol. The molecule has 3 heteroatoms. The summed E-state index contributed by atoms with van der Waals surface area (Å²) in [5.41, 5.74) is 4.04. The maximum Gasteiger partial charge on any atom is 0.0656 e. The fourth-order valence-electron chi connectivity index (χ4n) is 1.95. The predicted molar refractivity (Wildman–Crippen MR) is 88.4 cm³/mol. The Balaban J connectivity index is 2.27. The smallest absolute Gasteiger partial charge is 0.0656 e. The molecule has 2 rings (SSSR count). The fraction of sp³-hybridized carbons (Fsp3) is 0.333. The Labute approximate surface area is 127 Å². The molecule has 0 bridgehead atoms. The molecule has 96 valence electrons. The second-order valence-corrected chi connectivity index (χ2v) is 7.29. The van der Waals surface area contributed by atoms with Crippen LogP contribution >= 0.6 is 33.9 Å². The number of thiophene rings is 1. The summed E-state index contributed by atoms with van der Waals surface area (Å²) < 4.78 is 1.35. The zero-order chi connectivity index (χ0) is 13.0. The Hall–Kier alpha value is -0.390. The van der Waals surface area contributed by atoms with Gasteiger partial charge in [-0.2, -0.15) is 0 Å². The van der Waals surface area contributed by atoms with Gasteiger partial charge in [-0.15, -0.1) is 11.3 Å². The van der Waals surface area contributed by atoms with Crippen molar-refractivity contribution in [3.05, 3.63) is 55.3 Å². The molecule has 0 aliphatic carbocycles. The van der Waals surface area contributed by atoms with Crippen LogP contribution in [0.1, 0.15) is 36.1 Å². The lowest BCUT2D eigenvalue weighted by Gasteiger charge is -2.18. The molecule has 18 heavy (non-hydrogen) atoms. The van der Waals surface area contributed by atoms with Crippen molar-refractivity contribution in [2.45, 2.75) is 26.3 Å². The van der Waals surface area contributed by atoms with Gasteiger partial charge in [-0.25, -0.2) is 0 Å². The summed E-state index contributed by atoms with van der Waals surface area (Å²) >= 11 is 4.20. The lowest BCUT2D eigenvalue weighted by molar-refractivity contribution is 0.600. The molecule has 1 unspecified atom stereocenters. The average molecular weight is 371 g/mol. The van der Waals surface area contributed by atoms with Gasteiger partial charge in [0.05, 0.1) is 8.93 Å². The summed E-state index contributed by atoms with van der Waals surface area (Å²) in [7, 11) is 0. The van der Waals surface area contributed by atoms with Crippen molar-refractivity contribution < 1.29 is 0 Å². The molecule has 0 amide bonds. The van der Waals surface area contributed by atoms with E-state index in [1.54, 1.807) is 0 Å². The Bertz CT molecular complexity index is 489. The van der Waals surface area contributed by atoms with Crippen LogP contribution in [0.15, 0.2) is 35.7 Å². The third-order valence-corrected chi connectivity index (χ3v) is 4.74. The van der Waals surface area contributed by atoms with Crippen LogP contribution in [0, 0.1) is 9.81 Å². The van der Waals surface area contributed by atoms with Crippen molar-refractivity contribution in [2.75, 3.05) is 6.54 Å². The summed E-state index contributed by atoms with van der Waals surface area (Å²) in [6.07, 6.45) is 1.16. The van der Waals surface area contributed by atoms with E-state index in [1.807, 2.05) is 11.3 Å². The maximum absolute atomic E-state index is 3.64. The molecule has 1 N–H and O–H groups in total. The monoisotopic (exact) mass is 371 g/mol. The number of benzene rings is 1. The molecule has 0 saturated heterocycles. The van der Waals surface area contributed by atoms with E-state index in [0.717, 1.165) is 13.0 Å². The minimum atomic E-state index is 0.324. The number of rotatable bonds is 5. The van der Waals surface area contributed by atoms with E-state index in [9.17, 15) is 0 Å². The van der Waals surface area contributed by atoms with Gasteiger partial charge in [0, 0.05) is 0 Å². The Morgan fingerprint density at radius 3 is 2.50 bits per heavy atom. The topological polar surface area (TPSA) is 12.0 Å². The zero-order valence-corrected chi connectivity index (χ0v) is 13.7. The fourth-order valence-corrected chi connectivity index (χ4v) is 3.35. The van der Waals surface area contributed by atoms with E-state index < -0.39 is 0 Å². The summed E-state index contributed by atoms with van der Waals surface area (Å²) in [6, 6.07) is 11.4. The van der Waals surface area contributed by atoms with Gasteiger partial charge in [-0.1, -0.05) is 36.8 Å². The summed E-state index contributed by atoms with van der Waals surface area (Å²) in [4.78, 5) is 0. The van der Waals surface area contributed by atoms with Crippen molar-refractivity contribution >= 4 is 33.9 Å².